The highest BCUT2D eigenvalue weighted by molar-refractivity contribution is 7.17. The minimum absolute atomic E-state index is 0.143. The van der Waals surface area contributed by atoms with Gasteiger partial charge < -0.3 is 20.3 Å². The van der Waals surface area contributed by atoms with E-state index in [0.717, 1.165) is 37.1 Å². The van der Waals surface area contributed by atoms with Gasteiger partial charge in [0.15, 0.2) is 0 Å². The molecule has 1 aliphatic rings. The summed E-state index contributed by atoms with van der Waals surface area (Å²) in [6, 6.07) is 9.54. The first-order valence-corrected chi connectivity index (χ1v) is 10.5. The van der Waals surface area contributed by atoms with Crippen molar-refractivity contribution in [1.29, 1.82) is 0 Å². The van der Waals surface area contributed by atoms with Crippen LogP contribution in [0.15, 0.2) is 41.3 Å². The molecule has 1 aliphatic heterocycles. The zero-order valence-electron chi connectivity index (χ0n) is 16.6. The van der Waals surface area contributed by atoms with Crippen LogP contribution in [0.3, 0.4) is 0 Å². The highest BCUT2D eigenvalue weighted by Crippen LogP contribution is 2.29. The van der Waals surface area contributed by atoms with Crippen LogP contribution in [0, 0.1) is 10.1 Å². The minimum Gasteiger partial charge on any atom is -0.365 e. The lowest BCUT2D eigenvalue weighted by Crippen LogP contribution is -2.45. The molecule has 12 heteroatoms. The maximum atomic E-state index is 13.5. The van der Waals surface area contributed by atoms with Gasteiger partial charge in [-0.2, -0.15) is 0 Å². The Morgan fingerprint density at radius 1 is 1.19 bits per heavy atom. The normalized spacial score (nSPS) is 14.3. The van der Waals surface area contributed by atoms with Crippen LogP contribution in [0.1, 0.15) is 0 Å². The number of fused-ring (bicyclic) bond motifs is 1. The number of rotatable bonds is 4. The number of hydrogen-bond acceptors (Lipinski definition) is 9. The SMILES string of the molecule is Cn1c([N+](=O)[O-])cnc1-c1nnc(-n2c(=O)c(N3CCNCC3)cc3ccccc32)s1. The van der Waals surface area contributed by atoms with Crippen LogP contribution >= 0.6 is 11.3 Å². The van der Waals surface area contributed by atoms with Gasteiger partial charge in [0.05, 0.1) is 12.6 Å². The highest BCUT2D eigenvalue weighted by Gasteiger charge is 2.24. The Balaban J connectivity index is 1.66. The maximum Gasteiger partial charge on any atom is 0.342 e. The van der Waals surface area contributed by atoms with Crippen LogP contribution in [-0.2, 0) is 7.05 Å². The zero-order chi connectivity index (χ0) is 21.5. The standard InChI is InChI=1S/C19H18N8O3S/c1-24-15(27(29)30)11-21-16(24)17-22-23-19(31-17)26-13-5-3-2-4-12(13)10-14(18(26)28)25-8-6-20-7-9-25/h2-5,10-11,20H,6-9H2,1H3. The van der Waals surface area contributed by atoms with Crippen molar-refractivity contribution in [3.05, 3.63) is 57.0 Å². The predicted molar refractivity (Wildman–Crippen MR) is 117 cm³/mol. The van der Waals surface area contributed by atoms with E-state index in [1.165, 1.54) is 22.1 Å². The number of imidazole rings is 1. The summed E-state index contributed by atoms with van der Waals surface area (Å²) in [5, 5.41) is 24.5. The Bertz CT molecular complexity index is 1350. The smallest absolute Gasteiger partial charge is 0.342 e. The highest BCUT2D eigenvalue weighted by atomic mass is 32.1. The van der Waals surface area contributed by atoms with E-state index in [0.29, 0.717) is 21.7 Å². The number of benzene rings is 1. The fourth-order valence-corrected chi connectivity index (χ4v) is 4.62. The van der Waals surface area contributed by atoms with Crippen LogP contribution in [0.2, 0.25) is 0 Å². The molecule has 1 saturated heterocycles. The Kier molecular flexibility index (Phi) is 4.71. The summed E-state index contributed by atoms with van der Waals surface area (Å²) in [6.07, 6.45) is 1.18. The minimum atomic E-state index is -0.507. The number of aromatic nitrogens is 5. The second-order valence-corrected chi connectivity index (χ2v) is 8.07. The Morgan fingerprint density at radius 2 is 1.97 bits per heavy atom. The van der Waals surface area contributed by atoms with Gasteiger partial charge in [-0.15, -0.1) is 10.2 Å². The number of hydrogen-bond donors (Lipinski definition) is 1. The number of anilines is 1. The van der Waals surface area contributed by atoms with Crippen molar-refractivity contribution in [1.82, 2.24) is 29.6 Å². The Hall–Kier alpha value is -3.64. The number of nitro groups is 1. The molecule has 158 valence electrons. The molecule has 1 N–H and O–H groups in total. The van der Waals surface area contributed by atoms with Gasteiger partial charge in [-0.25, -0.2) is 14.1 Å². The molecule has 0 saturated carbocycles. The average molecular weight is 438 g/mol. The first-order chi connectivity index (χ1) is 15.0. The molecule has 0 amide bonds. The molecule has 0 spiro atoms. The van der Waals surface area contributed by atoms with Gasteiger partial charge in [0.2, 0.25) is 10.1 Å². The van der Waals surface area contributed by atoms with Crippen LogP contribution in [0.25, 0.3) is 26.9 Å². The topological polar surface area (TPSA) is 124 Å². The molecule has 3 aromatic heterocycles. The van der Waals surface area contributed by atoms with Crippen molar-refractivity contribution in [3.8, 4) is 16.0 Å². The molecule has 0 aliphatic carbocycles. The Labute approximate surface area is 179 Å². The first kappa shape index (κ1) is 19.3. The fraction of sp³-hybridized carbons (Fsp3) is 0.263. The van der Waals surface area contributed by atoms with Gasteiger partial charge in [-0.1, -0.05) is 29.5 Å². The van der Waals surface area contributed by atoms with Gasteiger partial charge in [0, 0.05) is 31.6 Å². The van der Waals surface area contributed by atoms with E-state index in [2.05, 4.69) is 25.4 Å². The monoisotopic (exact) mass is 438 g/mol. The third kappa shape index (κ3) is 3.25. The van der Waals surface area contributed by atoms with Gasteiger partial charge in [-0.05, 0) is 17.1 Å². The summed E-state index contributed by atoms with van der Waals surface area (Å²) in [5.74, 6) is 0.182. The van der Waals surface area contributed by atoms with Crippen molar-refractivity contribution in [3.63, 3.8) is 0 Å². The summed E-state index contributed by atoms with van der Waals surface area (Å²) >= 11 is 1.17. The molecular formula is C19H18N8O3S. The second kappa shape index (κ2) is 7.56. The van der Waals surface area contributed by atoms with E-state index in [-0.39, 0.29) is 11.4 Å². The molecule has 4 heterocycles. The fourth-order valence-electron chi connectivity index (χ4n) is 3.73. The summed E-state index contributed by atoms with van der Waals surface area (Å²) < 4.78 is 2.91. The average Bonchev–Trinajstić information content (AvgIpc) is 3.40. The van der Waals surface area contributed by atoms with Crippen molar-refractivity contribution in [2.24, 2.45) is 7.05 Å². The van der Waals surface area contributed by atoms with Crippen LogP contribution in [0.5, 0.6) is 0 Å². The number of nitrogens with zero attached hydrogens (tertiary/aromatic N) is 7. The van der Waals surface area contributed by atoms with Crippen molar-refractivity contribution in [2.75, 3.05) is 31.1 Å². The van der Waals surface area contributed by atoms with Gasteiger partial charge >= 0.3 is 5.82 Å². The third-order valence-corrected chi connectivity index (χ3v) is 6.20. The molecule has 0 radical (unpaired) electrons. The van der Waals surface area contributed by atoms with Crippen LogP contribution in [0.4, 0.5) is 11.5 Å². The predicted octanol–water partition coefficient (Wildman–Crippen LogP) is 1.56. The summed E-state index contributed by atoms with van der Waals surface area (Å²) in [7, 11) is 1.55. The van der Waals surface area contributed by atoms with Crippen LogP contribution < -0.4 is 15.8 Å². The van der Waals surface area contributed by atoms with E-state index < -0.39 is 4.92 Å². The maximum absolute atomic E-state index is 13.5. The molecule has 1 fully saturated rings. The van der Waals surface area contributed by atoms with E-state index in [1.54, 1.807) is 11.6 Å². The molecule has 0 bridgehead atoms. The second-order valence-electron chi connectivity index (χ2n) is 7.11. The number of para-hydroxylation sites is 1. The molecule has 11 nitrogen and oxygen atoms in total. The molecule has 5 rings (SSSR count). The van der Waals surface area contributed by atoms with E-state index in [1.807, 2.05) is 30.3 Å². The first-order valence-electron chi connectivity index (χ1n) is 9.65. The summed E-state index contributed by atoms with van der Waals surface area (Å²) in [4.78, 5) is 30.3. The molecule has 0 atom stereocenters. The van der Waals surface area contributed by atoms with Crippen LogP contribution in [-0.4, -0.2) is 55.4 Å². The molecule has 1 aromatic carbocycles. The Morgan fingerprint density at radius 3 is 2.71 bits per heavy atom. The molecular weight excluding hydrogens is 420 g/mol. The summed E-state index contributed by atoms with van der Waals surface area (Å²) in [5.41, 5.74) is 1.17. The number of pyridine rings is 1. The van der Waals surface area contributed by atoms with Crippen molar-refractivity contribution in [2.45, 2.75) is 0 Å². The van der Waals surface area contributed by atoms with Gasteiger partial charge in [0.1, 0.15) is 11.9 Å². The lowest BCUT2D eigenvalue weighted by Gasteiger charge is -2.29. The zero-order valence-corrected chi connectivity index (χ0v) is 17.4. The quantitative estimate of drug-likeness (QED) is 0.376. The third-order valence-electron chi connectivity index (χ3n) is 5.30. The molecule has 0 unspecified atom stereocenters. The molecule has 31 heavy (non-hydrogen) atoms. The van der Waals surface area contributed by atoms with E-state index >= 15 is 0 Å². The van der Waals surface area contributed by atoms with Gasteiger partial charge in [-0.3, -0.25) is 4.79 Å². The van der Waals surface area contributed by atoms with Crippen molar-refractivity contribution < 1.29 is 4.92 Å². The number of nitrogens with one attached hydrogen (secondary N) is 1. The van der Waals surface area contributed by atoms with E-state index in [4.69, 9.17) is 0 Å². The largest absolute Gasteiger partial charge is 0.365 e. The lowest BCUT2D eigenvalue weighted by atomic mass is 10.2. The molecule has 4 aromatic rings. The van der Waals surface area contributed by atoms with E-state index in [9.17, 15) is 14.9 Å². The number of piperazine rings is 1. The van der Waals surface area contributed by atoms with Crippen molar-refractivity contribution >= 4 is 33.7 Å². The summed E-state index contributed by atoms with van der Waals surface area (Å²) in [6.45, 7) is 3.11. The van der Waals surface area contributed by atoms with Gasteiger partial charge in [0.25, 0.3) is 11.4 Å². The lowest BCUT2D eigenvalue weighted by molar-refractivity contribution is -0.391.